The number of hydrogen-bond donors (Lipinski definition) is 1. The van der Waals surface area contributed by atoms with Gasteiger partial charge in [-0.05, 0) is 12.1 Å². The Labute approximate surface area is 116 Å². The molecule has 114 valence electrons. The molecule has 0 aliphatic carbocycles. The fourth-order valence-corrected chi connectivity index (χ4v) is 1.64. The Balaban J connectivity index is 2.03. The number of benzene rings is 1. The van der Waals surface area contributed by atoms with E-state index in [4.69, 9.17) is 0 Å². The van der Waals surface area contributed by atoms with E-state index in [9.17, 15) is 22.0 Å². The van der Waals surface area contributed by atoms with Gasteiger partial charge in [-0.3, -0.25) is 4.57 Å². The van der Waals surface area contributed by atoms with E-state index in [1.54, 1.807) is 0 Å². The average Bonchev–Trinajstić information content (AvgIpc) is 2.83. The van der Waals surface area contributed by atoms with Crippen LogP contribution >= 0.6 is 0 Å². The third-order valence-corrected chi connectivity index (χ3v) is 2.48. The van der Waals surface area contributed by atoms with Crippen LogP contribution in [0.1, 0.15) is 12.4 Å². The number of rotatable bonds is 5. The van der Waals surface area contributed by atoms with Gasteiger partial charge in [0.05, 0.1) is 6.54 Å². The second-order valence-corrected chi connectivity index (χ2v) is 3.96. The van der Waals surface area contributed by atoms with Crippen molar-refractivity contribution in [3.63, 3.8) is 0 Å². The summed E-state index contributed by atoms with van der Waals surface area (Å²) in [5.41, 5.74) is 0.292. The number of nitrogens with zero attached hydrogens (tertiary/aromatic N) is 2. The molecule has 0 aliphatic rings. The number of alkyl halides is 5. The van der Waals surface area contributed by atoms with E-state index < -0.39 is 18.7 Å². The SMILES string of the molecule is FC(F)n1ccnc1CNc1cccc(OC(F)(F)F)c1. The standard InChI is InChI=1S/C12H10F5N3O/c13-11(14)20-5-4-18-10(20)7-19-8-2-1-3-9(6-8)21-12(15,16)17/h1-6,11,19H,7H2. The first kappa shape index (κ1) is 15.1. The smallest absolute Gasteiger partial charge is 0.406 e. The van der Waals surface area contributed by atoms with E-state index in [-0.39, 0.29) is 12.4 Å². The van der Waals surface area contributed by atoms with Crippen LogP contribution in [0.3, 0.4) is 0 Å². The number of ether oxygens (including phenoxy) is 1. The van der Waals surface area contributed by atoms with Gasteiger partial charge in [-0.2, -0.15) is 8.78 Å². The van der Waals surface area contributed by atoms with Crippen molar-refractivity contribution in [3.05, 3.63) is 42.5 Å². The van der Waals surface area contributed by atoms with Gasteiger partial charge in [-0.25, -0.2) is 4.98 Å². The zero-order chi connectivity index (χ0) is 15.5. The first-order valence-electron chi connectivity index (χ1n) is 5.75. The number of nitrogens with one attached hydrogen (secondary N) is 1. The lowest BCUT2D eigenvalue weighted by atomic mass is 10.3. The van der Waals surface area contributed by atoms with Gasteiger partial charge >= 0.3 is 12.9 Å². The third kappa shape index (κ3) is 4.33. The van der Waals surface area contributed by atoms with E-state index in [2.05, 4.69) is 15.0 Å². The van der Waals surface area contributed by atoms with Crippen LogP contribution in [0.15, 0.2) is 36.7 Å². The Bertz CT molecular complexity index is 597. The van der Waals surface area contributed by atoms with E-state index in [0.29, 0.717) is 10.3 Å². The van der Waals surface area contributed by atoms with Gasteiger partial charge in [0.1, 0.15) is 11.6 Å². The molecule has 0 spiro atoms. The number of halogens is 5. The first-order chi connectivity index (χ1) is 9.85. The van der Waals surface area contributed by atoms with E-state index in [1.165, 1.54) is 18.3 Å². The summed E-state index contributed by atoms with van der Waals surface area (Å²) in [6, 6.07) is 5.09. The zero-order valence-electron chi connectivity index (χ0n) is 10.4. The van der Waals surface area contributed by atoms with Gasteiger partial charge in [0.2, 0.25) is 0 Å². The summed E-state index contributed by atoms with van der Waals surface area (Å²) >= 11 is 0. The Kier molecular flexibility index (Phi) is 4.29. The molecule has 2 aromatic rings. The molecule has 0 amide bonds. The van der Waals surface area contributed by atoms with Crippen molar-refractivity contribution in [2.45, 2.75) is 19.5 Å². The number of hydrogen-bond acceptors (Lipinski definition) is 3. The summed E-state index contributed by atoms with van der Waals surface area (Å²) in [5, 5.41) is 2.70. The molecule has 1 N–H and O–H groups in total. The highest BCUT2D eigenvalue weighted by atomic mass is 19.4. The Hall–Kier alpha value is -2.32. The predicted molar refractivity (Wildman–Crippen MR) is 63.9 cm³/mol. The molecular weight excluding hydrogens is 297 g/mol. The number of aromatic nitrogens is 2. The molecule has 2 rings (SSSR count). The van der Waals surface area contributed by atoms with E-state index in [1.807, 2.05) is 0 Å². The van der Waals surface area contributed by atoms with E-state index in [0.717, 1.165) is 18.3 Å². The predicted octanol–water partition coefficient (Wildman–Crippen LogP) is 3.79. The van der Waals surface area contributed by atoms with Gasteiger partial charge < -0.3 is 10.1 Å². The molecule has 1 aromatic heterocycles. The van der Waals surface area contributed by atoms with Gasteiger partial charge in [-0.15, -0.1) is 13.2 Å². The fourth-order valence-electron chi connectivity index (χ4n) is 1.64. The minimum atomic E-state index is -4.79. The minimum absolute atomic E-state index is 0.0622. The van der Waals surface area contributed by atoms with Gasteiger partial charge in [-0.1, -0.05) is 6.07 Å². The maximum absolute atomic E-state index is 12.6. The van der Waals surface area contributed by atoms with Crippen LogP contribution in [-0.4, -0.2) is 15.9 Å². The summed E-state index contributed by atoms with van der Waals surface area (Å²) in [6.45, 7) is -2.79. The quantitative estimate of drug-likeness (QED) is 0.854. The summed E-state index contributed by atoms with van der Waals surface area (Å²) in [4.78, 5) is 3.74. The van der Waals surface area contributed by atoms with Crippen molar-refractivity contribution in [1.82, 2.24) is 9.55 Å². The summed E-state index contributed by atoms with van der Waals surface area (Å²) in [6.07, 6.45) is -2.46. The highest BCUT2D eigenvalue weighted by Gasteiger charge is 2.31. The molecule has 0 radical (unpaired) electrons. The third-order valence-electron chi connectivity index (χ3n) is 2.48. The molecule has 0 fully saturated rings. The van der Waals surface area contributed by atoms with Crippen molar-refractivity contribution in [1.29, 1.82) is 0 Å². The van der Waals surface area contributed by atoms with Crippen LogP contribution in [0, 0.1) is 0 Å². The Morgan fingerprint density at radius 2 is 2.05 bits per heavy atom. The molecule has 0 atom stereocenters. The summed E-state index contributed by atoms with van der Waals surface area (Å²) in [7, 11) is 0. The number of imidazole rings is 1. The van der Waals surface area contributed by atoms with Crippen LogP contribution in [-0.2, 0) is 6.54 Å². The van der Waals surface area contributed by atoms with Crippen molar-refractivity contribution in [3.8, 4) is 5.75 Å². The lowest BCUT2D eigenvalue weighted by Crippen LogP contribution is -2.17. The van der Waals surface area contributed by atoms with Crippen molar-refractivity contribution < 1.29 is 26.7 Å². The molecule has 1 aromatic carbocycles. The van der Waals surface area contributed by atoms with Crippen LogP contribution in [0.5, 0.6) is 5.75 Å². The largest absolute Gasteiger partial charge is 0.573 e. The van der Waals surface area contributed by atoms with Gasteiger partial charge in [0.15, 0.2) is 0 Å². The monoisotopic (exact) mass is 307 g/mol. The lowest BCUT2D eigenvalue weighted by molar-refractivity contribution is -0.274. The van der Waals surface area contributed by atoms with Gasteiger partial charge in [0, 0.05) is 24.1 Å². The second kappa shape index (κ2) is 5.98. The molecule has 0 bridgehead atoms. The van der Waals surface area contributed by atoms with E-state index >= 15 is 0 Å². The van der Waals surface area contributed by atoms with Crippen LogP contribution in [0.2, 0.25) is 0 Å². The van der Waals surface area contributed by atoms with Crippen molar-refractivity contribution >= 4 is 5.69 Å². The maximum Gasteiger partial charge on any atom is 0.573 e. The molecule has 9 heteroatoms. The van der Waals surface area contributed by atoms with Crippen LogP contribution in [0.25, 0.3) is 0 Å². The number of anilines is 1. The zero-order valence-corrected chi connectivity index (χ0v) is 10.4. The Morgan fingerprint density at radius 1 is 1.29 bits per heavy atom. The van der Waals surface area contributed by atoms with Gasteiger partial charge in [0.25, 0.3) is 0 Å². The summed E-state index contributed by atoms with van der Waals surface area (Å²) < 4.78 is 65.8. The average molecular weight is 307 g/mol. The molecule has 0 aliphatic heterocycles. The summed E-state index contributed by atoms with van der Waals surface area (Å²) in [5.74, 6) is -0.336. The van der Waals surface area contributed by atoms with Crippen LogP contribution in [0.4, 0.5) is 27.6 Å². The second-order valence-electron chi connectivity index (χ2n) is 3.96. The highest BCUT2D eigenvalue weighted by molar-refractivity contribution is 5.48. The molecule has 0 saturated carbocycles. The molecule has 1 heterocycles. The normalized spacial score (nSPS) is 11.7. The van der Waals surface area contributed by atoms with Crippen LogP contribution < -0.4 is 10.1 Å². The minimum Gasteiger partial charge on any atom is -0.406 e. The molecule has 0 saturated heterocycles. The molecule has 21 heavy (non-hydrogen) atoms. The highest BCUT2D eigenvalue weighted by Crippen LogP contribution is 2.25. The Morgan fingerprint density at radius 3 is 2.71 bits per heavy atom. The molecule has 0 unspecified atom stereocenters. The lowest BCUT2D eigenvalue weighted by Gasteiger charge is -2.12. The first-order valence-corrected chi connectivity index (χ1v) is 5.75. The van der Waals surface area contributed by atoms with Crippen molar-refractivity contribution in [2.75, 3.05) is 5.32 Å². The molecular formula is C12H10F5N3O. The van der Waals surface area contributed by atoms with Crippen molar-refractivity contribution in [2.24, 2.45) is 0 Å². The topological polar surface area (TPSA) is 39.1 Å². The maximum atomic E-state index is 12.6. The molecule has 4 nitrogen and oxygen atoms in total. The fraction of sp³-hybridized carbons (Fsp3) is 0.250.